The van der Waals surface area contributed by atoms with Gasteiger partial charge in [-0.05, 0) is 77.4 Å². The minimum absolute atomic E-state index is 0.302. The third kappa shape index (κ3) is 3.55. The molecule has 26 heavy (non-hydrogen) atoms. The molecule has 3 aliphatic rings. The van der Waals surface area contributed by atoms with Crippen LogP contribution < -0.4 is 10.6 Å². The van der Waals surface area contributed by atoms with Gasteiger partial charge >= 0.3 is 0 Å². The van der Waals surface area contributed by atoms with Crippen molar-refractivity contribution in [3.63, 3.8) is 0 Å². The number of nitrogen functional groups attached to an aromatic ring is 1. The summed E-state index contributed by atoms with van der Waals surface area (Å²) in [6, 6.07) is 0. The third-order valence-electron chi connectivity index (χ3n) is 6.93. The lowest BCUT2D eigenvalue weighted by atomic mass is 9.71. The largest absolute Gasteiger partial charge is 0.368 e. The maximum absolute atomic E-state index is 6.15. The van der Waals surface area contributed by atoms with E-state index in [4.69, 9.17) is 10.7 Å². The molecule has 1 saturated carbocycles. The van der Waals surface area contributed by atoms with Crippen LogP contribution in [0.25, 0.3) is 0 Å². The summed E-state index contributed by atoms with van der Waals surface area (Å²) in [7, 11) is 2.19. The highest BCUT2D eigenvalue weighted by Gasteiger charge is 2.42. The number of likely N-dealkylation sites (tertiary alicyclic amines) is 1. The van der Waals surface area contributed by atoms with Gasteiger partial charge in [0.1, 0.15) is 5.82 Å². The molecule has 4 rings (SSSR count). The van der Waals surface area contributed by atoms with Crippen molar-refractivity contribution in [1.29, 1.82) is 0 Å². The monoisotopic (exact) mass is 357 g/mol. The van der Waals surface area contributed by atoms with E-state index in [0.29, 0.717) is 11.4 Å². The molecule has 2 heterocycles. The summed E-state index contributed by atoms with van der Waals surface area (Å²) >= 11 is 0. The van der Waals surface area contributed by atoms with Crippen LogP contribution in [-0.2, 0) is 11.8 Å². The van der Waals surface area contributed by atoms with E-state index in [1.807, 2.05) is 0 Å². The van der Waals surface area contributed by atoms with Gasteiger partial charge in [-0.15, -0.1) is 0 Å². The first-order valence-electron chi connectivity index (χ1n) is 10.8. The zero-order valence-electron chi connectivity index (χ0n) is 16.5. The van der Waals surface area contributed by atoms with Crippen molar-refractivity contribution in [2.75, 3.05) is 43.9 Å². The lowest BCUT2D eigenvalue weighted by molar-refractivity contribution is 0.330. The highest BCUT2D eigenvalue weighted by molar-refractivity contribution is 5.54. The number of nitrogens with two attached hydrogens (primary N) is 1. The zero-order chi connectivity index (χ0) is 18.0. The average molecular weight is 358 g/mol. The molecule has 2 aliphatic carbocycles. The van der Waals surface area contributed by atoms with E-state index in [2.05, 4.69) is 21.8 Å². The van der Waals surface area contributed by atoms with Crippen LogP contribution in [0.2, 0.25) is 0 Å². The van der Waals surface area contributed by atoms with Crippen LogP contribution in [0, 0.1) is 0 Å². The lowest BCUT2D eigenvalue weighted by Gasteiger charge is -2.36. The molecule has 5 heteroatoms. The molecule has 1 saturated heterocycles. The summed E-state index contributed by atoms with van der Waals surface area (Å²) in [5.74, 6) is 1.58. The van der Waals surface area contributed by atoms with Gasteiger partial charge in [-0.1, -0.05) is 12.8 Å². The highest BCUT2D eigenvalue weighted by Crippen LogP contribution is 2.49. The lowest BCUT2D eigenvalue weighted by Crippen LogP contribution is -2.33. The SMILES string of the molecule is CN(CCCCN1CCCC1)c1nc(N)nc2c1CCCC21CCCC1. The van der Waals surface area contributed by atoms with Gasteiger partial charge in [0, 0.05) is 24.6 Å². The summed E-state index contributed by atoms with van der Waals surface area (Å²) in [6.07, 6.45) is 14.2. The predicted molar refractivity (Wildman–Crippen MR) is 108 cm³/mol. The molecule has 0 amide bonds. The van der Waals surface area contributed by atoms with Crippen LogP contribution in [0.3, 0.4) is 0 Å². The maximum Gasteiger partial charge on any atom is 0.222 e. The number of unbranched alkanes of at least 4 members (excludes halogenated alkanes) is 1. The summed E-state index contributed by atoms with van der Waals surface area (Å²) in [5.41, 5.74) is 9.15. The first-order valence-corrected chi connectivity index (χ1v) is 10.8. The van der Waals surface area contributed by atoms with Crippen LogP contribution in [0.1, 0.15) is 75.5 Å². The number of fused-ring (bicyclic) bond motifs is 2. The van der Waals surface area contributed by atoms with Crippen molar-refractivity contribution in [2.24, 2.45) is 0 Å². The van der Waals surface area contributed by atoms with Crippen LogP contribution in [0.4, 0.5) is 11.8 Å². The Morgan fingerprint density at radius 2 is 1.73 bits per heavy atom. The fraction of sp³-hybridized carbons (Fsp3) is 0.810. The smallest absolute Gasteiger partial charge is 0.222 e. The molecule has 1 aliphatic heterocycles. The summed E-state index contributed by atoms with van der Waals surface area (Å²) in [4.78, 5) is 14.4. The van der Waals surface area contributed by atoms with Gasteiger partial charge in [-0.25, -0.2) is 4.98 Å². The van der Waals surface area contributed by atoms with E-state index >= 15 is 0 Å². The van der Waals surface area contributed by atoms with E-state index in [9.17, 15) is 0 Å². The van der Waals surface area contributed by atoms with Gasteiger partial charge in [-0.2, -0.15) is 4.98 Å². The van der Waals surface area contributed by atoms with Crippen LogP contribution in [-0.4, -0.2) is 48.1 Å². The Labute approximate surface area is 158 Å². The quantitative estimate of drug-likeness (QED) is 0.790. The minimum Gasteiger partial charge on any atom is -0.368 e. The molecular weight excluding hydrogens is 322 g/mol. The van der Waals surface area contributed by atoms with Gasteiger partial charge in [0.05, 0.1) is 5.69 Å². The van der Waals surface area contributed by atoms with Crippen LogP contribution in [0.15, 0.2) is 0 Å². The van der Waals surface area contributed by atoms with E-state index in [0.717, 1.165) is 18.8 Å². The molecule has 144 valence electrons. The molecule has 0 aromatic carbocycles. The number of rotatable bonds is 6. The Morgan fingerprint density at radius 3 is 2.50 bits per heavy atom. The van der Waals surface area contributed by atoms with E-state index < -0.39 is 0 Å². The second-order valence-corrected chi connectivity index (χ2v) is 8.75. The molecule has 0 atom stereocenters. The molecule has 0 bridgehead atoms. The van der Waals surface area contributed by atoms with Gasteiger partial charge in [-0.3, -0.25) is 0 Å². The summed E-state index contributed by atoms with van der Waals surface area (Å²) in [5, 5.41) is 0. The molecule has 5 nitrogen and oxygen atoms in total. The maximum atomic E-state index is 6.15. The number of hydrogen-bond acceptors (Lipinski definition) is 5. The van der Waals surface area contributed by atoms with Crippen molar-refractivity contribution in [3.8, 4) is 0 Å². The normalized spacial score (nSPS) is 22.0. The Hall–Kier alpha value is -1.36. The Kier molecular flexibility index (Phi) is 5.35. The average Bonchev–Trinajstić information content (AvgIpc) is 3.31. The van der Waals surface area contributed by atoms with Crippen LogP contribution in [0.5, 0.6) is 0 Å². The topological polar surface area (TPSA) is 58.3 Å². The molecule has 1 spiro atoms. The summed E-state index contributed by atoms with van der Waals surface area (Å²) < 4.78 is 0. The Balaban J connectivity index is 1.45. The number of nitrogens with zero attached hydrogens (tertiary/aromatic N) is 4. The Morgan fingerprint density at radius 1 is 1.00 bits per heavy atom. The molecule has 2 N–H and O–H groups in total. The van der Waals surface area contributed by atoms with Crippen LogP contribution >= 0.6 is 0 Å². The predicted octanol–water partition coefficient (Wildman–Crippen LogP) is 3.52. The van der Waals surface area contributed by atoms with Crippen molar-refractivity contribution >= 4 is 11.8 Å². The first kappa shape index (κ1) is 18.0. The summed E-state index contributed by atoms with van der Waals surface area (Å²) in [6.45, 7) is 4.91. The zero-order valence-corrected chi connectivity index (χ0v) is 16.5. The second kappa shape index (κ2) is 7.71. The van der Waals surface area contributed by atoms with Gasteiger partial charge < -0.3 is 15.5 Å². The fourth-order valence-corrected chi connectivity index (χ4v) is 5.53. The van der Waals surface area contributed by atoms with Gasteiger partial charge in [0.2, 0.25) is 5.95 Å². The molecule has 2 fully saturated rings. The van der Waals surface area contributed by atoms with Crippen molar-refractivity contribution in [3.05, 3.63) is 11.3 Å². The molecular formula is C21H35N5. The van der Waals surface area contributed by atoms with E-state index in [1.54, 1.807) is 0 Å². The third-order valence-corrected chi connectivity index (χ3v) is 6.93. The first-order chi connectivity index (χ1) is 12.7. The van der Waals surface area contributed by atoms with Crippen molar-refractivity contribution in [2.45, 2.75) is 76.0 Å². The number of hydrogen-bond donors (Lipinski definition) is 1. The minimum atomic E-state index is 0.302. The number of aromatic nitrogens is 2. The highest BCUT2D eigenvalue weighted by atomic mass is 15.2. The van der Waals surface area contributed by atoms with Gasteiger partial charge in [0.15, 0.2) is 0 Å². The molecule has 1 aromatic heterocycles. The number of anilines is 2. The molecule has 0 unspecified atom stereocenters. The van der Waals surface area contributed by atoms with Crippen molar-refractivity contribution in [1.82, 2.24) is 14.9 Å². The second-order valence-electron chi connectivity index (χ2n) is 8.75. The van der Waals surface area contributed by atoms with E-state index in [-0.39, 0.29) is 0 Å². The fourth-order valence-electron chi connectivity index (χ4n) is 5.53. The van der Waals surface area contributed by atoms with E-state index in [1.165, 1.54) is 95.1 Å². The van der Waals surface area contributed by atoms with Gasteiger partial charge in [0.25, 0.3) is 0 Å². The molecule has 1 aromatic rings. The van der Waals surface area contributed by atoms with Crippen molar-refractivity contribution < 1.29 is 0 Å². The molecule has 0 radical (unpaired) electrons. The standard InChI is InChI=1S/C21H35N5/c1-25(13-4-5-14-26-15-6-7-16-26)19-17-9-8-12-21(10-2-3-11-21)18(17)23-20(22)24-19/h2-16H2,1H3,(H2,22,23,24). The Bertz CT molecular complexity index is 617.